The number of carbonyl (C=O) groups is 2. The van der Waals surface area contributed by atoms with Crippen molar-refractivity contribution in [3.63, 3.8) is 0 Å². The van der Waals surface area contributed by atoms with Crippen molar-refractivity contribution in [2.45, 2.75) is 64.6 Å². The van der Waals surface area contributed by atoms with Crippen LogP contribution >= 0.6 is 0 Å². The van der Waals surface area contributed by atoms with E-state index in [2.05, 4.69) is 76.9 Å². The third kappa shape index (κ3) is 8.76. The van der Waals surface area contributed by atoms with Crippen LogP contribution in [0.5, 0.6) is 0 Å². The third-order valence-corrected chi connectivity index (χ3v) is 8.62. The molecule has 9 nitrogen and oxygen atoms in total. The van der Waals surface area contributed by atoms with Gasteiger partial charge in [-0.05, 0) is 86.4 Å². The quantitative estimate of drug-likeness (QED) is 0.365. The lowest BCUT2D eigenvalue weighted by molar-refractivity contribution is 0.0710. The molecule has 9 heteroatoms. The van der Waals surface area contributed by atoms with Gasteiger partial charge in [0.2, 0.25) is 0 Å². The number of piperazine rings is 1. The maximum absolute atomic E-state index is 11.4. The zero-order valence-electron chi connectivity index (χ0n) is 25.1. The van der Waals surface area contributed by atoms with Crippen LogP contribution in [0.4, 0.5) is 21.0 Å². The normalized spacial score (nSPS) is 21.3. The van der Waals surface area contributed by atoms with Gasteiger partial charge in [-0.25, -0.2) is 9.59 Å². The first-order chi connectivity index (χ1) is 19.7. The van der Waals surface area contributed by atoms with Crippen LogP contribution in [-0.2, 0) is 17.7 Å². The number of carboxylic acid groups (broad SMARTS) is 1. The second kappa shape index (κ2) is 14.4. The van der Waals surface area contributed by atoms with E-state index in [1.807, 2.05) is 6.92 Å². The fraction of sp³-hybridized carbons (Fsp3) is 0.562. The predicted octanol–water partition coefficient (Wildman–Crippen LogP) is 5.18. The van der Waals surface area contributed by atoms with Gasteiger partial charge in [0.15, 0.2) is 0 Å². The largest absolute Gasteiger partial charge is 0.465 e. The molecule has 0 bridgehead atoms. The number of anilines is 2. The Morgan fingerprint density at radius 2 is 1.88 bits per heavy atom. The first-order valence-corrected chi connectivity index (χ1v) is 14.9. The molecule has 1 heterocycles. The molecule has 0 spiro atoms. The van der Waals surface area contributed by atoms with E-state index in [1.165, 1.54) is 34.6 Å². The summed E-state index contributed by atoms with van der Waals surface area (Å²) in [7, 11) is 3.77. The lowest BCUT2D eigenvalue weighted by Crippen LogP contribution is -2.53. The summed E-state index contributed by atoms with van der Waals surface area (Å²) in [6.07, 6.45) is 4.22. The van der Waals surface area contributed by atoms with Crippen LogP contribution < -0.4 is 15.5 Å². The van der Waals surface area contributed by atoms with Crippen molar-refractivity contribution in [3.8, 4) is 0 Å². The Kier molecular flexibility index (Phi) is 10.7. The van der Waals surface area contributed by atoms with E-state index in [1.54, 1.807) is 7.05 Å². The van der Waals surface area contributed by atoms with E-state index in [-0.39, 0.29) is 6.04 Å². The fourth-order valence-electron chi connectivity index (χ4n) is 6.16. The van der Waals surface area contributed by atoms with Gasteiger partial charge in [0.05, 0.1) is 6.61 Å². The highest BCUT2D eigenvalue weighted by Gasteiger charge is 2.27. The number of carbonyl (C=O) groups excluding carboxylic acids is 1. The first-order valence-electron chi connectivity index (χ1n) is 14.9. The Labute approximate surface area is 244 Å². The number of alkyl carbamates (subject to hydrolysis) is 1. The highest BCUT2D eigenvalue weighted by molar-refractivity contribution is 5.66. The van der Waals surface area contributed by atoms with E-state index in [9.17, 15) is 14.7 Å². The van der Waals surface area contributed by atoms with Crippen LogP contribution in [0.3, 0.4) is 0 Å². The summed E-state index contributed by atoms with van der Waals surface area (Å²) >= 11 is 0. The highest BCUT2D eigenvalue weighted by Crippen LogP contribution is 2.29. The van der Waals surface area contributed by atoms with Gasteiger partial charge in [-0.1, -0.05) is 18.2 Å². The van der Waals surface area contributed by atoms with Crippen molar-refractivity contribution in [1.29, 1.82) is 0 Å². The molecule has 2 aromatic rings. The Bertz CT molecular complexity index is 1170. The van der Waals surface area contributed by atoms with Gasteiger partial charge in [-0.3, -0.25) is 4.90 Å². The van der Waals surface area contributed by atoms with Crippen molar-refractivity contribution in [3.05, 3.63) is 59.2 Å². The van der Waals surface area contributed by atoms with Crippen LogP contribution in [0.25, 0.3) is 0 Å². The molecule has 0 aromatic heterocycles. The van der Waals surface area contributed by atoms with E-state index < -0.39 is 12.2 Å². The summed E-state index contributed by atoms with van der Waals surface area (Å²) in [5, 5.41) is 15.5. The zero-order valence-corrected chi connectivity index (χ0v) is 25.1. The fourth-order valence-corrected chi connectivity index (χ4v) is 6.16. The lowest BCUT2D eigenvalue weighted by Gasteiger charge is -2.38. The number of amides is 2. The highest BCUT2D eigenvalue weighted by atomic mass is 16.5. The molecule has 1 saturated carbocycles. The number of hydrogen-bond donors (Lipinski definition) is 3. The van der Waals surface area contributed by atoms with Gasteiger partial charge in [-0.15, -0.1) is 0 Å². The first kappa shape index (κ1) is 30.5. The Morgan fingerprint density at radius 3 is 2.56 bits per heavy atom. The minimum Gasteiger partial charge on any atom is -0.465 e. The molecular weight excluding hydrogens is 518 g/mol. The number of nitrogens with one attached hydrogen (secondary N) is 2. The number of hydrogen-bond acceptors (Lipinski definition) is 6. The summed E-state index contributed by atoms with van der Waals surface area (Å²) in [4.78, 5) is 28.9. The number of aryl methyl sites for hydroxylation is 1. The van der Waals surface area contributed by atoms with Gasteiger partial charge < -0.3 is 30.3 Å². The molecule has 2 fully saturated rings. The smallest absolute Gasteiger partial charge is 0.407 e. The van der Waals surface area contributed by atoms with Crippen molar-refractivity contribution >= 4 is 23.6 Å². The molecule has 224 valence electrons. The molecule has 1 aliphatic carbocycles. The van der Waals surface area contributed by atoms with Crippen LogP contribution in [-0.4, -0.2) is 86.1 Å². The summed E-state index contributed by atoms with van der Waals surface area (Å²) in [6.45, 7) is 8.56. The maximum atomic E-state index is 11.4. The van der Waals surface area contributed by atoms with Gasteiger partial charge in [0, 0.05) is 76.7 Å². The van der Waals surface area contributed by atoms with E-state index in [4.69, 9.17) is 4.74 Å². The van der Waals surface area contributed by atoms with E-state index in [0.717, 1.165) is 50.3 Å². The molecule has 4 rings (SSSR count). The average Bonchev–Trinajstić information content (AvgIpc) is 2.95. The Hall–Kier alpha value is -3.46. The molecular formula is C32H47N5O4. The predicted molar refractivity (Wildman–Crippen MR) is 164 cm³/mol. The lowest BCUT2D eigenvalue weighted by atomic mass is 9.85. The Balaban J connectivity index is 1.21. The van der Waals surface area contributed by atoms with Crippen LogP contribution in [0, 0.1) is 12.8 Å². The van der Waals surface area contributed by atoms with Crippen LogP contribution in [0.15, 0.2) is 42.5 Å². The molecule has 2 aliphatic rings. The number of rotatable bonds is 10. The van der Waals surface area contributed by atoms with Gasteiger partial charge in [0.25, 0.3) is 0 Å². The topological polar surface area (TPSA) is 97.4 Å². The van der Waals surface area contributed by atoms with Crippen molar-refractivity contribution in [2.24, 2.45) is 5.92 Å². The molecule has 1 aliphatic heterocycles. The molecule has 1 atom stereocenters. The van der Waals surface area contributed by atoms with Gasteiger partial charge >= 0.3 is 12.2 Å². The summed E-state index contributed by atoms with van der Waals surface area (Å²) in [6, 6.07) is 15.7. The molecule has 0 radical (unpaired) electrons. The molecule has 3 N–H and O–H groups in total. The average molecular weight is 566 g/mol. The maximum Gasteiger partial charge on any atom is 0.407 e. The summed E-state index contributed by atoms with van der Waals surface area (Å²) in [5.74, 6) is 0.679. The van der Waals surface area contributed by atoms with E-state index >= 15 is 0 Å². The number of benzene rings is 2. The summed E-state index contributed by atoms with van der Waals surface area (Å²) < 4.78 is 5.12. The summed E-state index contributed by atoms with van der Waals surface area (Å²) in [5.41, 5.74) is 6.15. The van der Waals surface area contributed by atoms with Crippen molar-refractivity contribution < 1.29 is 19.4 Å². The van der Waals surface area contributed by atoms with Crippen molar-refractivity contribution in [2.75, 3.05) is 57.1 Å². The molecule has 41 heavy (non-hydrogen) atoms. The minimum atomic E-state index is -0.821. The zero-order chi connectivity index (χ0) is 29.4. The minimum absolute atomic E-state index is 0.0175. The molecule has 0 unspecified atom stereocenters. The molecule has 2 amide bonds. The Morgan fingerprint density at radius 1 is 1.10 bits per heavy atom. The molecule has 2 aromatic carbocycles. The molecule has 1 saturated heterocycles. The number of nitrogens with zero attached hydrogens (tertiary/aromatic N) is 3. The van der Waals surface area contributed by atoms with Crippen molar-refractivity contribution in [1.82, 2.24) is 15.1 Å². The van der Waals surface area contributed by atoms with E-state index in [0.29, 0.717) is 31.5 Å². The second-order valence-electron chi connectivity index (χ2n) is 11.7. The number of ether oxygens (including phenoxy) is 1. The van der Waals surface area contributed by atoms with Crippen LogP contribution in [0.2, 0.25) is 0 Å². The second-order valence-corrected chi connectivity index (χ2v) is 11.7. The SMILES string of the molecule is CNC(=O)OCCc1cccc(N[C@H]2CC[C@H](CN(C)c3ccc(CN4CCN(C(=O)O)[C@@H](C)C4)c(C)c3)CC2)c1. The van der Waals surface area contributed by atoms with Crippen LogP contribution in [0.1, 0.15) is 49.3 Å². The van der Waals surface area contributed by atoms with Gasteiger partial charge in [0.1, 0.15) is 0 Å². The van der Waals surface area contributed by atoms with Gasteiger partial charge in [-0.2, -0.15) is 0 Å². The third-order valence-electron chi connectivity index (χ3n) is 8.62. The standard InChI is InChI=1S/C32H47N5O4/c1-23-18-30(13-10-27(23)22-36-15-16-37(32(39)40)24(2)20-36)35(4)21-26-8-11-28(12-9-26)34-29-7-5-6-25(19-29)14-17-41-31(38)33-3/h5-7,10,13,18-19,24,26,28,34H,8-9,11-12,14-17,20-22H2,1-4H3,(H,33,38)(H,39,40)/t24-,26-,28-/m0/s1. The monoisotopic (exact) mass is 565 g/mol.